The quantitative estimate of drug-likeness (QED) is 0.843. The lowest BCUT2D eigenvalue weighted by Gasteiger charge is -2.12. The van der Waals surface area contributed by atoms with Crippen LogP contribution >= 0.6 is 0 Å². The van der Waals surface area contributed by atoms with E-state index in [0.29, 0.717) is 18.0 Å². The van der Waals surface area contributed by atoms with E-state index in [1.165, 1.54) is 0 Å². The molecule has 0 saturated heterocycles. The highest BCUT2D eigenvalue weighted by atomic mass is 16.5. The molecule has 1 amide bonds. The Morgan fingerprint density at radius 2 is 2.06 bits per heavy atom. The van der Waals surface area contributed by atoms with Gasteiger partial charge in [0.1, 0.15) is 17.2 Å². The van der Waals surface area contributed by atoms with Gasteiger partial charge in [0.2, 0.25) is 0 Å². The molecule has 0 fully saturated rings. The molecule has 0 bridgehead atoms. The number of fused-ring (bicyclic) bond motifs is 3. The summed E-state index contributed by atoms with van der Waals surface area (Å²) < 4.78 is 10.6. The molecule has 2 aromatic rings. The fourth-order valence-electron chi connectivity index (χ4n) is 2.41. The van der Waals surface area contributed by atoms with Gasteiger partial charge >= 0.3 is 0 Å². The van der Waals surface area contributed by atoms with Crippen LogP contribution in [0.1, 0.15) is 16.1 Å². The van der Waals surface area contributed by atoms with Gasteiger partial charge in [-0.15, -0.1) is 0 Å². The fraction of sp³-hybridized carbons (Fsp3) is 0.308. The van der Waals surface area contributed by atoms with Gasteiger partial charge in [-0.05, 0) is 18.1 Å². The van der Waals surface area contributed by atoms with E-state index >= 15 is 0 Å². The molecular weight excluding hydrogens is 232 g/mol. The zero-order valence-corrected chi connectivity index (χ0v) is 10.3. The molecule has 2 N–H and O–H groups in total. The van der Waals surface area contributed by atoms with E-state index < -0.39 is 0 Å². The fourth-order valence-corrected chi connectivity index (χ4v) is 2.41. The van der Waals surface area contributed by atoms with Gasteiger partial charge in [-0.3, -0.25) is 4.79 Å². The SMILES string of the molecule is COc1cc(OC)c2[nH]c3c(c2c1)CCNC3=O. The number of H-pyrrole nitrogens is 1. The summed E-state index contributed by atoms with van der Waals surface area (Å²) in [5, 5.41) is 3.82. The van der Waals surface area contributed by atoms with Gasteiger partial charge < -0.3 is 19.8 Å². The molecule has 0 radical (unpaired) electrons. The minimum absolute atomic E-state index is 0.0616. The second-order valence-corrected chi connectivity index (χ2v) is 4.24. The summed E-state index contributed by atoms with van der Waals surface area (Å²) in [4.78, 5) is 14.9. The first-order valence-corrected chi connectivity index (χ1v) is 5.79. The standard InChI is InChI=1S/C13H14N2O3/c1-17-7-5-9-8-3-4-14-13(16)12(8)15-11(9)10(6-7)18-2/h5-6,15H,3-4H2,1-2H3,(H,14,16). The minimum atomic E-state index is -0.0616. The Kier molecular flexibility index (Phi) is 2.40. The maximum Gasteiger partial charge on any atom is 0.268 e. The number of amides is 1. The molecule has 0 atom stereocenters. The lowest BCUT2D eigenvalue weighted by Crippen LogP contribution is -2.31. The Labute approximate surface area is 104 Å². The number of hydrogen-bond donors (Lipinski definition) is 2. The van der Waals surface area contributed by atoms with Crippen LogP contribution in [0.2, 0.25) is 0 Å². The smallest absolute Gasteiger partial charge is 0.268 e. The van der Waals surface area contributed by atoms with Crippen molar-refractivity contribution in [2.24, 2.45) is 0 Å². The molecule has 2 heterocycles. The molecule has 1 aliphatic heterocycles. The third kappa shape index (κ3) is 1.44. The second-order valence-electron chi connectivity index (χ2n) is 4.24. The van der Waals surface area contributed by atoms with Crippen molar-refractivity contribution in [2.75, 3.05) is 20.8 Å². The average Bonchev–Trinajstić information content (AvgIpc) is 2.78. The van der Waals surface area contributed by atoms with Gasteiger partial charge in [0.15, 0.2) is 0 Å². The Balaban J connectivity index is 2.33. The van der Waals surface area contributed by atoms with E-state index in [9.17, 15) is 4.79 Å². The molecule has 5 heteroatoms. The summed E-state index contributed by atoms with van der Waals surface area (Å²) in [6.45, 7) is 0.665. The Morgan fingerprint density at radius 1 is 1.22 bits per heavy atom. The molecule has 0 aliphatic carbocycles. The van der Waals surface area contributed by atoms with E-state index in [1.807, 2.05) is 12.1 Å². The Hall–Kier alpha value is -2.17. The number of benzene rings is 1. The molecule has 0 saturated carbocycles. The maximum absolute atomic E-state index is 11.8. The summed E-state index contributed by atoms with van der Waals surface area (Å²) in [6, 6.07) is 3.74. The van der Waals surface area contributed by atoms with E-state index in [2.05, 4.69) is 10.3 Å². The van der Waals surface area contributed by atoms with Gasteiger partial charge in [0, 0.05) is 18.0 Å². The van der Waals surface area contributed by atoms with E-state index in [1.54, 1.807) is 14.2 Å². The van der Waals surface area contributed by atoms with Crippen LogP contribution in [0.15, 0.2) is 12.1 Å². The van der Waals surface area contributed by atoms with Gasteiger partial charge in [0.25, 0.3) is 5.91 Å². The van der Waals surface area contributed by atoms with E-state index in [-0.39, 0.29) is 5.91 Å². The summed E-state index contributed by atoms with van der Waals surface area (Å²) in [7, 11) is 3.22. The zero-order chi connectivity index (χ0) is 12.7. The predicted molar refractivity (Wildman–Crippen MR) is 67.4 cm³/mol. The number of rotatable bonds is 2. The molecule has 1 aromatic carbocycles. The first kappa shape index (κ1) is 11.0. The molecule has 94 valence electrons. The van der Waals surface area contributed by atoms with Gasteiger partial charge in [-0.2, -0.15) is 0 Å². The van der Waals surface area contributed by atoms with Crippen molar-refractivity contribution in [3.8, 4) is 11.5 Å². The maximum atomic E-state index is 11.8. The topological polar surface area (TPSA) is 63.4 Å². The van der Waals surface area contributed by atoms with Crippen LogP contribution in [0.3, 0.4) is 0 Å². The summed E-state index contributed by atoms with van der Waals surface area (Å²) in [6.07, 6.45) is 0.817. The number of methoxy groups -OCH3 is 2. The van der Waals surface area contributed by atoms with Crippen LogP contribution in [0.4, 0.5) is 0 Å². The van der Waals surface area contributed by atoms with Crippen LogP contribution < -0.4 is 14.8 Å². The monoisotopic (exact) mass is 246 g/mol. The van der Waals surface area contributed by atoms with Crippen LogP contribution in [-0.4, -0.2) is 31.7 Å². The van der Waals surface area contributed by atoms with Crippen LogP contribution in [-0.2, 0) is 6.42 Å². The summed E-state index contributed by atoms with van der Waals surface area (Å²) >= 11 is 0. The summed E-state index contributed by atoms with van der Waals surface area (Å²) in [5.41, 5.74) is 2.51. The van der Waals surface area contributed by atoms with Crippen LogP contribution in [0.25, 0.3) is 10.9 Å². The van der Waals surface area contributed by atoms with Crippen LogP contribution in [0, 0.1) is 0 Å². The highest BCUT2D eigenvalue weighted by Crippen LogP contribution is 2.35. The number of carbonyl (C=O) groups excluding carboxylic acids is 1. The Bertz CT molecular complexity index is 631. The third-order valence-electron chi connectivity index (χ3n) is 3.30. The molecule has 3 rings (SSSR count). The van der Waals surface area contributed by atoms with Gasteiger partial charge in [-0.1, -0.05) is 0 Å². The lowest BCUT2D eigenvalue weighted by atomic mass is 10.0. The molecule has 0 unspecified atom stereocenters. The highest BCUT2D eigenvalue weighted by Gasteiger charge is 2.23. The van der Waals surface area contributed by atoms with Crippen molar-refractivity contribution in [3.05, 3.63) is 23.4 Å². The van der Waals surface area contributed by atoms with Gasteiger partial charge in [0.05, 0.1) is 19.7 Å². The minimum Gasteiger partial charge on any atom is -0.497 e. The van der Waals surface area contributed by atoms with E-state index in [0.717, 1.165) is 28.6 Å². The number of hydrogen-bond acceptors (Lipinski definition) is 3. The molecule has 0 spiro atoms. The first-order valence-electron chi connectivity index (χ1n) is 5.79. The number of carbonyl (C=O) groups is 1. The molecule has 1 aliphatic rings. The van der Waals surface area contributed by atoms with Crippen molar-refractivity contribution >= 4 is 16.8 Å². The predicted octanol–water partition coefficient (Wildman–Crippen LogP) is 1.47. The second kappa shape index (κ2) is 3.94. The number of aromatic nitrogens is 1. The third-order valence-corrected chi connectivity index (χ3v) is 3.30. The molecule has 18 heavy (non-hydrogen) atoms. The zero-order valence-electron chi connectivity index (χ0n) is 10.3. The number of nitrogens with one attached hydrogen (secondary N) is 2. The Morgan fingerprint density at radius 3 is 2.78 bits per heavy atom. The van der Waals surface area contributed by atoms with Crippen molar-refractivity contribution < 1.29 is 14.3 Å². The van der Waals surface area contributed by atoms with E-state index in [4.69, 9.17) is 9.47 Å². The lowest BCUT2D eigenvalue weighted by molar-refractivity contribution is 0.0942. The highest BCUT2D eigenvalue weighted by molar-refractivity contribution is 6.03. The van der Waals surface area contributed by atoms with Crippen molar-refractivity contribution in [3.63, 3.8) is 0 Å². The van der Waals surface area contributed by atoms with Gasteiger partial charge in [-0.25, -0.2) is 0 Å². The normalized spacial score (nSPS) is 14.2. The molecule has 5 nitrogen and oxygen atoms in total. The van der Waals surface area contributed by atoms with Crippen molar-refractivity contribution in [2.45, 2.75) is 6.42 Å². The molecular formula is C13H14N2O3. The molecule has 1 aromatic heterocycles. The first-order chi connectivity index (χ1) is 8.74. The summed E-state index contributed by atoms with van der Waals surface area (Å²) in [5.74, 6) is 1.35. The number of ether oxygens (including phenoxy) is 2. The number of aromatic amines is 1. The van der Waals surface area contributed by atoms with Crippen LogP contribution in [0.5, 0.6) is 11.5 Å². The van der Waals surface area contributed by atoms with Crippen molar-refractivity contribution in [1.29, 1.82) is 0 Å². The average molecular weight is 246 g/mol. The van der Waals surface area contributed by atoms with Crippen molar-refractivity contribution in [1.82, 2.24) is 10.3 Å². The largest absolute Gasteiger partial charge is 0.497 e.